The van der Waals surface area contributed by atoms with Crippen LogP contribution in [0.25, 0.3) is 0 Å². The Labute approximate surface area is 123 Å². The van der Waals surface area contributed by atoms with Crippen molar-refractivity contribution in [2.75, 3.05) is 6.54 Å². The number of halogens is 2. The molecule has 1 N–H and O–H groups in total. The van der Waals surface area contributed by atoms with Crippen LogP contribution in [0.4, 0.5) is 4.39 Å². The fourth-order valence-electron chi connectivity index (χ4n) is 3.00. The molecule has 2 atom stereocenters. The van der Waals surface area contributed by atoms with Crippen LogP contribution in [-0.4, -0.2) is 6.54 Å². The molecule has 2 aromatic carbocycles. The summed E-state index contributed by atoms with van der Waals surface area (Å²) in [7, 11) is 0. The minimum Gasteiger partial charge on any atom is -0.310 e. The van der Waals surface area contributed by atoms with Gasteiger partial charge in [0.15, 0.2) is 0 Å². The molecule has 2 aromatic rings. The molecule has 1 aliphatic rings. The quantitative estimate of drug-likeness (QED) is 0.884. The highest BCUT2D eigenvalue weighted by Gasteiger charge is 2.28. The highest BCUT2D eigenvalue weighted by molar-refractivity contribution is 6.30. The van der Waals surface area contributed by atoms with Gasteiger partial charge in [-0.25, -0.2) is 4.39 Å². The van der Waals surface area contributed by atoms with Crippen molar-refractivity contribution in [3.8, 4) is 0 Å². The smallest absolute Gasteiger partial charge is 0.123 e. The standard InChI is InChI=1S/C17H17ClFN/c18-15-3-1-2-12(11-15)10-14-8-9-20-17(14)13-4-6-16(19)7-5-13/h1-7,11,14,17,20H,8-10H2. The van der Waals surface area contributed by atoms with Crippen molar-refractivity contribution in [3.63, 3.8) is 0 Å². The van der Waals surface area contributed by atoms with Crippen LogP contribution in [0.3, 0.4) is 0 Å². The zero-order chi connectivity index (χ0) is 13.9. The molecule has 1 saturated heterocycles. The minimum atomic E-state index is -0.182. The lowest BCUT2D eigenvalue weighted by Gasteiger charge is -2.20. The zero-order valence-electron chi connectivity index (χ0n) is 11.2. The molecule has 0 spiro atoms. The average Bonchev–Trinajstić information content (AvgIpc) is 2.88. The SMILES string of the molecule is Fc1ccc(C2NCCC2Cc2cccc(Cl)c2)cc1. The zero-order valence-corrected chi connectivity index (χ0v) is 11.9. The minimum absolute atomic E-state index is 0.182. The lowest BCUT2D eigenvalue weighted by atomic mass is 9.89. The van der Waals surface area contributed by atoms with Crippen LogP contribution < -0.4 is 5.32 Å². The summed E-state index contributed by atoms with van der Waals surface area (Å²) in [6, 6.07) is 15.2. The van der Waals surface area contributed by atoms with E-state index >= 15 is 0 Å². The molecule has 0 saturated carbocycles. The summed E-state index contributed by atoms with van der Waals surface area (Å²) in [5.41, 5.74) is 2.43. The molecule has 3 heteroatoms. The van der Waals surface area contributed by atoms with Crippen molar-refractivity contribution in [2.24, 2.45) is 5.92 Å². The van der Waals surface area contributed by atoms with Crippen LogP contribution in [0.1, 0.15) is 23.6 Å². The van der Waals surface area contributed by atoms with Crippen LogP contribution >= 0.6 is 11.6 Å². The van der Waals surface area contributed by atoms with Gasteiger partial charge >= 0.3 is 0 Å². The summed E-state index contributed by atoms with van der Waals surface area (Å²) in [5, 5.41) is 4.31. The largest absolute Gasteiger partial charge is 0.310 e. The maximum absolute atomic E-state index is 13.0. The molecular formula is C17H17ClFN. The van der Waals surface area contributed by atoms with Gasteiger partial charge in [0, 0.05) is 11.1 Å². The van der Waals surface area contributed by atoms with Crippen LogP contribution in [0, 0.1) is 11.7 Å². The van der Waals surface area contributed by atoms with Crippen LogP contribution in [-0.2, 0) is 6.42 Å². The maximum atomic E-state index is 13.0. The van der Waals surface area contributed by atoms with Gasteiger partial charge in [0.1, 0.15) is 5.82 Å². The summed E-state index contributed by atoms with van der Waals surface area (Å²) >= 11 is 6.04. The summed E-state index contributed by atoms with van der Waals surface area (Å²) < 4.78 is 13.0. The van der Waals surface area contributed by atoms with Gasteiger partial charge in [-0.1, -0.05) is 35.9 Å². The fourth-order valence-corrected chi connectivity index (χ4v) is 3.22. The predicted molar refractivity (Wildman–Crippen MR) is 80.4 cm³/mol. The second-order valence-electron chi connectivity index (χ2n) is 5.37. The van der Waals surface area contributed by atoms with Crippen molar-refractivity contribution >= 4 is 11.6 Å². The van der Waals surface area contributed by atoms with Gasteiger partial charge in [-0.3, -0.25) is 0 Å². The highest BCUT2D eigenvalue weighted by atomic mass is 35.5. The molecule has 0 aliphatic carbocycles. The molecule has 2 unspecified atom stereocenters. The summed E-state index contributed by atoms with van der Waals surface area (Å²) in [6.07, 6.45) is 2.13. The molecule has 0 radical (unpaired) electrons. The van der Waals surface area contributed by atoms with Gasteiger partial charge in [0.25, 0.3) is 0 Å². The number of hydrogen-bond donors (Lipinski definition) is 1. The molecule has 0 bridgehead atoms. The lowest BCUT2D eigenvalue weighted by Crippen LogP contribution is -2.19. The highest BCUT2D eigenvalue weighted by Crippen LogP contribution is 2.32. The Balaban J connectivity index is 1.77. The lowest BCUT2D eigenvalue weighted by molar-refractivity contribution is 0.459. The Hall–Kier alpha value is -1.38. The Morgan fingerprint density at radius 2 is 1.95 bits per heavy atom. The molecule has 0 amide bonds. The van der Waals surface area contributed by atoms with E-state index in [0.29, 0.717) is 12.0 Å². The molecule has 1 aliphatic heterocycles. The number of nitrogens with one attached hydrogen (secondary N) is 1. The van der Waals surface area contributed by atoms with Gasteiger partial charge in [-0.15, -0.1) is 0 Å². The van der Waals surface area contributed by atoms with E-state index in [1.807, 2.05) is 30.3 Å². The van der Waals surface area contributed by atoms with Gasteiger partial charge in [0.05, 0.1) is 0 Å². The number of rotatable bonds is 3. The van der Waals surface area contributed by atoms with Gasteiger partial charge in [-0.2, -0.15) is 0 Å². The first-order valence-corrected chi connectivity index (χ1v) is 7.33. The summed E-state index contributed by atoms with van der Waals surface area (Å²) in [4.78, 5) is 0. The first-order chi connectivity index (χ1) is 9.72. The molecule has 104 valence electrons. The summed E-state index contributed by atoms with van der Waals surface area (Å²) in [6.45, 7) is 1.01. The Kier molecular flexibility index (Phi) is 4.04. The maximum Gasteiger partial charge on any atom is 0.123 e. The van der Waals surface area contributed by atoms with Gasteiger partial charge in [0.2, 0.25) is 0 Å². The Morgan fingerprint density at radius 3 is 2.70 bits per heavy atom. The normalized spacial score (nSPS) is 22.1. The van der Waals surface area contributed by atoms with E-state index < -0.39 is 0 Å². The van der Waals surface area contributed by atoms with Crippen LogP contribution in [0.2, 0.25) is 5.02 Å². The molecule has 1 fully saturated rings. The van der Waals surface area contributed by atoms with E-state index in [1.165, 1.54) is 17.7 Å². The molecule has 3 rings (SSSR count). The first kappa shape index (κ1) is 13.6. The topological polar surface area (TPSA) is 12.0 Å². The monoisotopic (exact) mass is 289 g/mol. The predicted octanol–water partition coefficient (Wildman–Crippen LogP) is 4.37. The van der Waals surface area contributed by atoms with Crippen LogP contribution in [0.15, 0.2) is 48.5 Å². The van der Waals surface area contributed by atoms with Crippen molar-refractivity contribution in [1.82, 2.24) is 5.32 Å². The third-order valence-corrected chi connectivity index (χ3v) is 4.20. The third kappa shape index (κ3) is 3.02. The van der Waals surface area contributed by atoms with E-state index in [9.17, 15) is 4.39 Å². The van der Waals surface area contributed by atoms with E-state index in [4.69, 9.17) is 11.6 Å². The van der Waals surface area contributed by atoms with Crippen molar-refractivity contribution in [2.45, 2.75) is 18.9 Å². The van der Waals surface area contributed by atoms with E-state index in [2.05, 4.69) is 11.4 Å². The van der Waals surface area contributed by atoms with E-state index in [-0.39, 0.29) is 5.82 Å². The molecule has 1 nitrogen and oxygen atoms in total. The fraction of sp³-hybridized carbons (Fsp3) is 0.294. The van der Waals surface area contributed by atoms with Crippen molar-refractivity contribution in [3.05, 3.63) is 70.5 Å². The Morgan fingerprint density at radius 1 is 1.15 bits per heavy atom. The number of benzene rings is 2. The van der Waals surface area contributed by atoms with Gasteiger partial charge < -0.3 is 5.32 Å². The van der Waals surface area contributed by atoms with Crippen molar-refractivity contribution < 1.29 is 4.39 Å². The van der Waals surface area contributed by atoms with Crippen molar-refractivity contribution in [1.29, 1.82) is 0 Å². The first-order valence-electron chi connectivity index (χ1n) is 6.95. The second kappa shape index (κ2) is 5.94. The number of hydrogen-bond acceptors (Lipinski definition) is 1. The molecule has 20 heavy (non-hydrogen) atoms. The molecule has 1 heterocycles. The third-order valence-electron chi connectivity index (χ3n) is 3.97. The van der Waals surface area contributed by atoms with Crippen LogP contribution in [0.5, 0.6) is 0 Å². The van der Waals surface area contributed by atoms with E-state index in [1.54, 1.807) is 0 Å². The van der Waals surface area contributed by atoms with E-state index in [0.717, 1.165) is 30.0 Å². The molecular weight excluding hydrogens is 273 g/mol. The average molecular weight is 290 g/mol. The molecule has 0 aromatic heterocycles. The van der Waals surface area contributed by atoms with Gasteiger partial charge in [-0.05, 0) is 60.7 Å². The summed E-state index contributed by atoms with van der Waals surface area (Å²) in [5.74, 6) is 0.345. The Bertz CT molecular complexity index is 582. The second-order valence-corrected chi connectivity index (χ2v) is 5.80.